The fourth-order valence-electron chi connectivity index (χ4n) is 20.2. The van der Waals surface area contributed by atoms with Gasteiger partial charge in [0.15, 0.2) is 80.1 Å². The summed E-state index contributed by atoms with van der Waals surface area (Å²) in [5, 5.41) is 75.3. The van der Waals surface area contributed by atoms with E-state index < -0.39 is 76.0 Å². The Balaban J connectivity index is 0.000000155. The van der Waals surface area contributed by atoms with Crippen LogP contribution in [0.3, 0.4) is 0 Å². The molecular formula is C77H85N7O19S2. The van der Waals surface area contributed by atoms with Crippen LogP contribution in [0.1, 0.15) is 124 Å². The lowest BCUT2D eigenvalue weighted by molar-refractivity contribution is -0.186. The molecule has 554 valence electrons. The Morgan fingerprint density at radius 3 is 1.38 bits per heavy atom. The second-order valence-corrected chi connectivity index (χ2v) is 31.5. The molecular weight excluding hydrogens is 1390 g/mol. The average Bonchev–Trinajstić information content (AvgIpc) is 1.28. The van der Waals surface area contributed by atoms with E-state index >= 15 is 0 Å². The number of carbonyl (C=O) groups is 2. The van der Waals surface area contributed by atoms with Crippen LogP contribution in [0, 0.1) is 39.0 Å². The van der Waals surface area contributed by atoms with Crippen molar-refractivity contribution in [2.45, 2.75) is 136 Å². The first-order chi connectivity index (χ1) is 50.6. The van der Waals surface area contributed by atoms with Crippen LogP contribution >= 0.6 is 23.5 Å². The highest BCUT2D eigenvalue weighted by Crippen LogP contribution is 2.68. The Labute approximate surface area is 615 Å². The zero-order valence-corrected chi connectivity index (χ0v) is 62.0. The molecule has 2 unspecified atom stereocenters. The maximum Gasteiger partial charge on any atom is 0.331 e. The van der Waals surface area contributed by atoms with E-state index in [9.17, 15) is 40.4 Å². The summed E-state index contributed by atoms with van der Waals surface area (Å²) in [5.41, 5.74) is 10.5. The molecule has 14 aliphatic heterocycles. The van der Waals surface area contributed by atoms with Crippen molar-refractivity contribution in [3.05, 3.63) is 125 Å². The van der Waals surface area contributed by atoms with E-state index in [4.69, 9.17) is 56.8 Å². The number of esters is 2. The molecule has 2 spiro atoms. The van der Waals surface area contributed by atoms with E-state index in [0.717, 1.165) is 77.9 Å². The summed E-state index contributed by atoms with van der Waals surface area (Å²) < 4.78 is 72.5. The topological polar surface area (TPSA) is 307 Å². The standard InChI is InChI=1S/C39H42N4O9S.C38H43N3O10S/c1-17-9-20-10-22-23(13-40)43-24-14-50-38(46)39(21-12-26(47-4)25(44)11-19(21)7-8-41-39)15-53-37(31(43)30(42(22)3)27(20)32(45)33(17)48-5)29-28(24)36-35(51-16-52-36)18(2)34(29)49-6;1-16-9-19-10-21-36(44)41-22-13-49-37(45)38(20-12-24(46-4)23(42)11-18(20)7-8-39-38)14-52-35(29(41)28(40(21)3)25(19)30(43)31(16)47-5)27-26(22)34-33(50-15-51-34)17(2)32(27)48-6/h9,11-12,22-24,30-31,37,41,44-45H,7-8,10,14-16H2,1-6H3;9,11-12,21-22,28-29,35-36,39,42-44H,7-8,10,13-15H2,1-6H3/t22-,23-,24-,30+,31?,37+,39+;21-,22-,28+,29?,35+,36-,38+/m00/s1. The molecule has 14 atom stereocenters. The summed E-state index contributed by atoms with van der Waals surface area (Å²) in [6.45, 7) is 8.58. The molecule has 6 aromatic carbocycles. The number of nitrogens with zero attached hydrogens (tertiary/aromatic N) is 5. The molecule has 6 aromatic rings. The number of hydrogen-bond acceptors (Lipinski definition) is 28. The number of phenolic OH excluding ortho intramolecular Hbond substituents is 4. The Morgan fingerprint density at radius 1 is 0.524 bits per heavy atom. The number of nitriles is 1. The minimum Gasteiger partial charge on any atom is -0.504 e. The average molecular weight is 1480 g/mol. The zero-order valence-electron chi connectivity index (χ0n) is 60.4. The fourth-order valence-corrected chi connectivity index (χ4v) is 23.5. The van der Waals surface area contributed by atoms with Crippen molar-refractivity contribution in [2.24, 2.45) is 0 Å². The van der Waals surface area contributed by atoms with Crippen molar-refractivity contribution < 1.29 is 92.0 Å². The van der Waals surface area contributed by atoms with Gasteiger partial charge < -0.3 is 82.4 Å². The van der Waals surface area contributed by atoms with Crippen LogP contribution in [0.5, 0.6) is 80.5 Å². The number of carbonyl (C=O) groups excluding carboxylic acids is 2. The van der Waals surface area contributed by atoms with Crippen LogP contribution < -0.4 is 58.0 Å². The van der Waals surface area contributed by atoms with Gasteiger partial charge in [0, 0.05) is 87.2 Å². The summed E-state index contributed by atoms with van der Waals surface area (Å²) in [7, 11) is 13.4. The highest BCUT2D eigenvalue weighted by atomic mass is 32.2. The number of piperazine rings is 2. The molecule has 0 radical (unpaired) electrons. The number of aliphatic hydroxyl groups is 1. The number of methoxy groups -OCH3 is 6. The Bertz CT molecular complexity index is 4730. The third kappa shape index (κ3) is 9.66. The number of rotatable bonds is 6. The number of likely N-dealkylation sites (N-methyl/N-ethyl adjacent to an activating group) is 2. The van der Waals surface area contributed by atoms with E-state index in [1.165, 1.54) is 14.2 Å². The van der Waals surface area contributed by atoms with E-state index in [-0.39, 0.29) is 90.9 Å². The van der Waals surface area contributed by atoms with Crippen molar-refractivity contribution in [3.8, 4) is 86.6 Å². The van der Waals surface area contributed by atoms with Crippen molar-refractivity contribution in [2.75, 3.05) is 108 Å². The molecule has 105 heavy (non-hydrogen) atoms. The van der Waals surface area contributed by atoms with Gasteiger partial charge in [0.2, 0.25) is 13.6 Å². The number of aromatic hydroxyl groups is 4. The molecule has 0 saturated carbocycles. The predicted octanol–water partition coefficient (Wildman–Crippen LogP) is 7.57. The highest BCUT2D eigenvalue weighted by molar-refractivity contribution is 7.99. The van der Waals surface area contributed by atoms with Gasteiger partial charge in [-0.25, -0.2) is 9.59 Å². The number of hydrogen-bond donors (Lipinski definition) is 7. The number of nitrogens with one attached hydrogen (secondary N) is 2. The molecule has 26 nitrogen and oxygen atoms in total. The lowest BCUT2D eigenvalue weighted by Gasteiger charge is -2.62. The van der Waals surface area contributed by atoms with Crippen LogP contribution in [0.2, 0.25) is 0 Å². The maximum absolute atomic E-state index is 14.7. The Hall–Kier alpha value is -8.63. The molecule has 7 N–H and O–H groups in total. The number of aryl methyl sites for hydroxylation is 2. The van der Waals surface area contributed by atoms with Crippen molar-refractivity contribution >= 4 is 35.5 Å². The van der Waals surface area contributed by atoms with Crippen LogP contribution in [-0.4, -0.2) is 202 Å². The van der Waals surface area contributed by atoms with Crippen LogP contribution in [0.25, 0.3) is 0 Å². The zero-order chi connectivity index (χ0) is 73.5. The van der Waals surface area contributed by atoms with Crippen molar-refractivity contribution in [1.29, 1.82) is 5.26 Å². The molecule has 0 amide bonds. The molecule has 4 saturated heterocycles. The second-order valence-electron chi connectivity index (χ2n) is 29.2. The third-order valence-electron chi connectivity index (χ3n) is 24.6. The van der Waals surface area contributed by atoms with Crippen LogP contribution in [0.4, 0.5) is 0 Å². The van der Waals surface area contributed by atoms with Crippen LogP contribution in [0.15, 0.2) is 36.4 Å². The molecule has 0 aliphatic carbocycles. The smallest absolute Gasteiger partial charge is 0.331 e. The van der Waals surface area contributed by atoms with Crippen LogP contribution in [-0.2, 0) is 55.8 Å². The number of phenols is 4. The summed E-state index contributed by atoms with van der Waals surface area (Å²) >= 11 is 3.15. The summed E-state index contributed by atoms with van der Waals surface area (Å²) in [6.07, 6.45) is 1.27. The molecule has 14 aliphatic rings. The third-order valence-corrected chi connectivity index (χ3v) is 27.6. The minimum absolute atomic E-state index is 0.00729. The van der Waals surface area contributed by atoms with E-state index in [1.807, 2.05) is 41.8 Å². The van der Waals surface area contributed by atoms with Gasteiger partial charge in [0.1, 0.15) is 37.0 Å². The summed E-state index contributed by atoms with van der Waals surface area (Å²) in [4.78, 5) is 38.1. The van der Waals surface area contributed by atoms with Gasteiger partial charge in [0.25, 0.3) is 0 Å². The van der Waals surface area contributed by atoms with Gasteiger partial charge >= 0.3 is 11.9 Å². The normalized spacial score (nSPS) is 29.9. The van der Waals surface area contributed by atoms with Gasteiger partial charge in [-0.2, -0.15) is 5.26 Å². The van der Waals surface area contributed by atoms with Crippen molar-refractivity contribution in [1.82, 2.24) is 30.2 Å². The first-order valence-electron chi connectivity index (χ1n) is 35.4. The van der Waals surface area contributed by atoms with E-state index in [1.54, 1.807) is 76.2 Å². The molecule has 20 rings (SSSR count). The van der Waals surface area contributed by atoms with Gasteiger partial charge in [-0.05, 0) is 136 Å². The van der Waals surface area contributed by atoms with Gasteiger partial charge in [-0.15, -0.1) is 23.5 Å². The lowest BCUT2D eigenvalue weighted by atomic mass is 9.71. The monoisotopic (exact) mass is 1480 g/mol. The van der Waals surface area contributed by atoms with E-state index in [2.05, 4.69) is 48.4 Å². The quantitative estimate of drug-likeness (QED) is 0.0791. The maximum atomic E-state index is 14.7. The minimum atomic E-state index is -1.29. The van der Waals surface area contributed by atoms with Gasteiger partial charge in [-0.1, -0.05) is 12.1 Å². The number of thioether (sulfide) groups is 2. The van der Waals surface area contributed by atoms with Crippen molar-refractivity contribution in [3.63, 3.8) is 0 Å². The SMILES string of the molecule is COc1cc2c(cc1O)CCN[C@]21CS[C@@H]2c3c(OC)c(C)c4c(c3[C@H](COC1=O)N1C2[C@H]2c3c(cc(C)c(OC)c3O)C[C@@H]([C@@H]1C#N)N2C)OCO4.COc1cc2c(cc1O)CCN[C@]21CS[C@@H]2c3c(OC)c(C)c4c(c3[C@H](COC1=O)N1C2[C@H]2c3c(cc(C)c(OC)c3O)C[C@@H]([C@@H]1O)N2C)OCO4. The fraction of sp³-hybridized carbons (Fsp3) is 0.494. The van der Waals surface area contributed by atoms with Gasteiger partial charge in [0.05, 0.1) is 89.4 Å². The molecule has 28 heteroatoms. The molecule has 4 fully saturated rings. The van der Waals surface area contributed by atoms with E-state index in [0.29, 0.717) is 95.9 Å². The number of aliphatic hydroxyl groups excluding tert-OH is 1. The second kappa shape index (κ2) is 25.5. The largest absolute Gasteiger partial charge is 0.504 e. The molecule has 8 bridgehead atoms. The Morgan fingerprint density at radius 2 is 0.943 bits per heavy atom. The highest BCUT2D eigenvalue weighted by Gasteiger charge is 2.65. The summed E-state index contributed by atoms with van der Waals surface area (Å²) in [5.74, 6) is 4.70. The first-order valence-corrected chi connectivity index (χ1v) is 37.5. The number of benzene rings is 6. The predicted molar refractivity (Wildman–Crippen MR) is 383 cm³/mol. The molecule has 0 aromatic heterocycles. The first kappa shape index (κ1) is 69.4. The number of fused-ring (bicyclic) bond motifs is 18. The number of ether oxygens (including phenoxy) is 12. The molecule has 14 heterocycles. The summed E-state index contributed by atoms with van der Waals surface area (Å²) in [6, 6.07) is 9.52. The Kier molecular flexibility index (Phi) is 16.9. The lowest BCUT2D eigenvalue weighted by Crippen LogP contribution is -2.70. The van der Waals surface area contributed by atoms with Gasteiger partial charge in [-0.3, -0.25) is 30.2 Å².